The summed E-state index contributed by atoms with van der Waals surface area (Å²) in [6, 6.07) is 59.8. The third kappa shape index (κ3) is 8.87. The van der Waals surface area contributed by atoms with Gasteiger partial charge < -0.3 is 5.11 Å². The number of phenolic OH excluding ortho intramolecular Hbond substituents is 1. The van der Waals surface area contributed by atoms with Crippen LogP contribution in [0.1, 0.15) is 96.3 Å². The van der Waals surface area contributed by atoms with E-state index in [4.69, 9.17) is 18.2 Å². The third-order valence-electron chi connectivity index (χ3n) is 13.5. The minimum Gasteiger partial charge on any atom is -0.507 e. The Labute approximate surface area is 422 Å². The van der Waals surface area contributed by atoms with E-state index in [0.29, 0.717) is 28.2 Å². The molecule has 1 N–H and O–H groups in total. The molecule has 0 atom stereocenters. The molecule has 2 heterocycles. The van der Waals surface area contributed by atoms with Gasteiger partial charge in [-0.1, -0.05) is 181 Å². The number of para-hydroxylation sites is 1. The fourth-order valence-electron chi connectivity index (χ4n) is 9.55. The van der Waals surface area contributed by atoms with Crippen LogP contribution < -0.4 is 0 Å². The molecule has 0 spiro atoms. The maximum absolute atomic E-state index is 12.6. The Morgan fingerprint density at radius 1 is 0.514 bits per heavy atom. The van der Waals surface area contributed by atoms with E-state index in [1.54, 1.807) is 18.3 Å². The number of benzene rings is 8. The largest absolute Gasteiger partial charge is 0.507 e. The minimum absolute atomic E-state index is 0.0186. The maximum atomic E-state index is 12.6. The van der Waals surface area contributed by atoms with Gasteiger partial charge in [0.2, 0.25) is 0 Å². The number of hydrogen-bond acceptors (Lipinski definition) is 3. The molecule has 4 nitrogen and oxygen atoms in total. The van der Waals surface area contributed by atoms with Crippen molar-refractivity contribution in [2.45, 2.75) is 79.4 Å². The van der Waals surface area contributed by atoms with Gasteiger partial charge in [0.05, 0.1) is 28.0 Å². The van der Waals surface area contributed by atoms with E-state index in [-0.39, 0.29) is 34.1 Å². The highest BCUT2D eigenvalue weighted by atomic mass is 16.3. The first kappa shape index (κ1) is 39.1. The van der Waals surface area contributed by atoms with Gasteiger partial charge in [-0.15, -0.1) is 0 Å². The number of fused-ring (bicyclic) bond motifs is 1. The first-order valence-electron chi connectivity index (χ1n) is 27.2. The summed E-state index contributed by atoms with van der Waals surface area (Å²) < 4.78 is 53.0. The van der Waals surface area contributed by atoms with Crippen molar-refractivity contribution >= 4 is 11.0 Å². The fraction of sp³-hybridized carbons (Fsp3) is 0.182. The van der Waals surface area contributed by atoms with Crippen LogP contribution in [0, 0.1) is 13.7 Å². The van der Waals surface area contributed by atoms with Gasteiger partial charge >= 0.3 is 0 Å². The Morgan fingerprint density at radius 3 is 1.84 bits per heavy atom. The summed E-state index contributed by atoms with van der Waals surface area (Å²) >= 11 is 0. The lowest BCUT2D eigenvalue weighted by Gasteiger charge is -2.22. The number of imidazole rings is 1. The smallest absolute Gasteiger partial charge is 0.149 e. The second kappa shape index (κ2) is 18.6. The number of aromatic nitrogens is 3. The summed E-state index contributed by atoms with van der Waals surface area (Å²) in [6.45, 7) is 10.3. The Hall–Kier alpha value is -7.82. The van der Waals surface area contributed by atoms with Crippen LogP contribution in [0.5, 0.6) is 5.75 Å². The number of phenols is 1. The van der Waals surface area contributed by atoms with Gasteiger partial charge in [-0.25, -0.2) is 4.98 Å². The molecule has 8 aromatic carbocycles. The molecular weight excluding hydrogens is 851 g/mol. The molecule has 0 amide bonds. The highest BCUT2D eigenvalue weighted by Gasteiger charge is 2.26. The molecule has 0 aliphatic heterocycles. The number of rotatable bonds is 10. The molecule has 0 fully saturated rings. The molecule has 2 aromatic heterocycles. The number of aromatic hydroxyl groups is 1. The van der Waals surface area contributed by atoms with Crippen molar-refractivity contribution in [2.75, 3.05) is 0 Å². The van der Waals surface area contributed by atoms with Gasteiger partial charge in [0, 0.05) is 31.1 Å². The zero-order valence-electron chi connectivity index (χ0n) is 46.8. The molecule has 0 saturated carbocycles. The first-order valence-corrected chi connectivity index (χ1v) is 24.2. The minimum atomic E-state index is -2.51. The predicted octanol–water partition coefficient (Wildman–Crippen LogP) is 18.0. The number of pyridine rings is 1. The predicted molar refractivity (Wildman–Crippen MR) is 295 cm³/mol. The lowest BCUT2D eigenvalue weighted by Crippen LogP contribution is -2.10. The Morgan fingerprint density at radius 2 is 1.17 bits per heavy atom. The molecule has 0 saturated heterocycles. The van der Waals surface area contributed by atoms with Gasteiger partial charge in [-0.05, 0) is 152 Å². The second-order valence-electron chi connectivity index (χ2n) is 20.0. The average molecular weight is 918 g/mol. The molecular formula is C66H61N3O. The van der Waals surface area contributed by atoms with Crippen molar-refractivity contribution in [3.8, 4) is 89.7 Å². The summed E-state index contributed by atoms with van der Waals surface area (Å²) in [7, 11) is 0. The Bertz CT molecular complexity index is 3760. The number of aryl methyl sites for hydroxylation is 2. The number of nitrogens with zero attached hydrogens (tertiary/aromatic N) is 3. The summed E-state index contributed by atoms with van der Waals surface area (Å²) in [5.74, 6) is 0.696. The third-order valence-corrected chi connectivity index (χ3v) is 13.5. The van der Waals surface area contributed by atoms with Crippen molar-refractivity contribution in [3.63, 3.8) is 0 Å². The highest BCUT2D eigenvalue weighted by molar-refractivity contribution is 5.99. The second-order valence-corrected chi connectivity index (χ2v) is 20.0. The molecule has 346 valence electrons. The van der Waals surface area contributed by atoms with Crippen LogP contribution >= 0.6 is 0 Å². The van der Waals surface area contributed by atoms with Crippen molar-refractivity contribution < 1.29 is 13.3 Å². The molecule has 4 heteroatoms. The van der Waals surface area contributed by atoms with Gasteiger partial charge in [0.25, 0.3) is 0 Å². The molecule has 0 aliphatic carbocycles. The molecule has 0 radical (unpaired) electrons. The van der Waals surface area contributed by atoms with E-state index in [9.17, 15) is 5.11 Å². The van der Waals surface area contributed by atoms with E-state index in [1.807, 2.05) is 103 Å². The standard InChI is InChI=1S/C66H61N3O/c1-41(2)50-37-56(42(3)4)64(70)59(38-50)65-68-63-55(52-34-51(45-17-12-10-13-18-45)35-53(36-52)60-39-49(31-32-67-60)46-25-23-43(5)24-26-46)21-16-22-61(63)69(65)62-33-44(6)57(47-19-14-11-15-20-47)40-58(62)48-27-29-54(30-28-48)66(7,8)9/h10-42,70H,1-9H3/i5D3,6D3. The topological polar surface area (TPSA) is 50.9 Å². The van der Waals surface area contributed by atoms with Crippen LogP contribution in [-0.2, 0) is 5.41 Å². The zero-order valence-corrected chi connectivity index (χ0v) is 40.8. The maximum Gasteiger partial charge on any atom is 0.149 e. The van der Waals surface area contributed by atoms with E-state index >= 15 is 0 Å². The van der Waals surface area contributed by atoms with Gasteiger partial charge in [0.1, 0.15) is 11.6 Å². The van der Waals surface area contributed by atoms with Crippen LogP contribution in [0.2, 0.25) is 0 Å². The van der Waals surface area contributed by atoms with Gasteiger partial charge in [0.15, 0.2) is 0 Å². The summed E-state index contributed by atoms with van der Waals surface area (Å²) in [5, 5.41) is 12.6. The van der Waals surface area contributed by atoms with Gasteiger partial charge in [-0.2, -0.15) is 0 Å². The van der Waals surface area contributed by atoms with Crippen LogP contribution in [0.15, 0.2) is 188 Å². The van der Waals surface area contributed by atoms with E-state index in [2.05, 4.69) is 120 Å². The van der Waals surface area contributed by atoms with Crippen LogP contribution in [0.25, 0.3) is 95.0 Å². The molecule has 70 heavy (non-hydrogen) atoms. The van der Waals surface area contributed by atoms with Crippen LogP contribution in [-0.4, -0.2) is 19.6 Å². The number of hydrogen-bond donors (Lipinski definition) is 1. The normalized spacial score (nSPS) is 13.4. The SMILES string of the molecule is [2H]C([2H])([2H])c1ccc(-c2ccnc(-c3cc(-c4ccccc4)cc(-c4cccc5c4nc(-c4cc(C(C)C)cc(C(C)C)c4O)n5-c4cc(C([2H])([2H])[2H])c(-c5ccccc5)cc4-c4ccc(C(C)(C)C)cc4)c3)c2)cc1. The quantitative estimate of drug-likeness (QED) is 0.149. The monoisotopic (exact) mass is 918 g/mol. The lowest BCUT2D eigenvalue weighted by molar-refractivity contribution is 0.466. The summed E-state index contributed by atoms with van der Waals surface area (Å²) in [6.07, 6.45) is 1.78. The summed E-state index contributed by atoms with van der Waals surface area (Å²) in [4.78, 5) is 10.5. The van der Waals surface area contributed by atoms with Crippen molar-refractivity contribution in [1.82, 2.24) is 14.5 Å². The van der Waals surface area contributed by atoms with Crippen LogP contribution in [0.4, 0.5) is 0 Å². The van der Waals surface area contributed by atoms with Gasteiger partial charge in [-0.3, -0.25) is 9.55 Å². The van der Waals surface area contributed by atoms with Crippen LogP contribution in [0.3, 0.4) is 0 Å². The Kier molecular flexibility index (Phi) is 10.4. The molecule has 10 rings (SSSR count). The van der Waals surface area contributed by atoms with E-state index < -0.39 is 13.7 Å². The van der Waals surface area contributed by atoms with E-state index in [0.717, 1.165) is 78.0 Å². The zero-order chi connectivity index (χ0) is 53.8. The Balaban J connectivity index is 1.29. The van der Waals surface area contributed by atoms with Crippen molar-refractivity contribution in [3.05, 3.63) is 216 Å². The fourth-order valence-corrected chi connectivity index (χ4v) is 9.55. The molecule has 10 aromatic rings. The summed E-state index contributed by atoms with van der Waals surface area (Å²) in [5.41, 5.74) is 16.0. The van der Waals surface area contributed by atoms with E-state index in [1.165, 1.54) is 5.56 Å². The average Bonchev–Trinajstić information content (AvgIpc) is 3.79. The molecule has 0 bridgehead atoms. The lowest BCUT2D eigenvalue weighted by atomic mass is 9.85. The molecule has 0 aliphatic rings. The highest BCUT2D eigenvalue weighted by Crippen LogP contribution is 2.46. The van der Waals surface area contributed by atoms with Crippen molar-refractivity contribution in [1.29, 1.82) is 0 Å². The molecule has 0 unspecified atom stereocenters. The first-order chi connectivity index (χ1) is 36.1. The van der Waals surface area contributed by atoms with Crippen molar-refractivity contribution in [2.24, 2.45) is 0 Å².